The van der Waals surface area contributed by atoms with Gasteiger partial charge in [0.2, 0.25) is 0 Å². The highest BCUT2D eigenvalue weighted by atomic mass is 32.1. The van der Waals surface area contributed by atoms with Gasteiger partial charge in [0.1, 0.15) is 0 Å². The maximum atomic E-state index is 9.00. The van der Waals surface area contributed by atoms with Crippen LogP contribution in [0, 0.1) is 0 Å². The zero-order valence-corrected chi connectivity index (χ0v) is 4.40. The molecule has 0 saturated carbocycles. The lowest BCUT2D eigenvalue weighted by Gasteiger charge is -1.59. The molecule has 0 aliphatic rings. The molecule has 0 bridgehead atoms. The van der Waals surface area contributed by atoms with Crippen molar-refractivity contribution in [1.82, 2.24) is 0 Å². The molecule has 0 heterocycles. The van der Waals surface area contributed by atoms with Crippen molar-refractivity contribution >= 4 is 17.5 Å². The van der Waals surface area contributed by atoms with Gasteiger partial charge in [-0.25, -0.2) is 0 Å². The lowest BCUT2D eigenvalue weighted by Crippen LogP contribution is -1.78. The first-order valence-corrected chi connectivity index (χ1v) is 1.93. The van der Waals surface area contributed by atoms with E-state index in [1.54, 1.807) is 0 Å². The van der Waals surface area contributed by atoms with Gasteiger partial charge in [-0.1, -0.05) is 0 Å². The minimum absolute atomic E-state index is 0.750. The van der Waals surface area contributed by atoms with E-state index >= 15 is 0 Å². The molecular weight excluding hydrogens is 120 g/mol. The van der Waals surface area contributed by atoms with Gasteiger partial charge in [0.25, 0.3) is 5.97 Å². The second-order valence-corrected chi connectivity index (χ2v) is 0.723. The molecule has 0 aromatic rings. The van der Waals surface area contributed by atoms with E-state index in [1.807, 2.05) is 0 Å². The van der Waals surface area contributed by atoms with Gasteiger partial charge in [-0.15, -0.1) is 0 Å². The monoisotopic (exact) mass is 124 g/mol. The molecule has 5 heteroatoms. The quantitative estimate of drug-likeness (QED) is 0.469. The van der Waals surface area contributed by atoms with Crippen molar-refractivity contribution in [2.45, 2.75) is 6.92 Å². The Balaban J connectivity index is 0. The summed E-state index contributed by atoms with van der Waals surface area (Å²) < 4.78 is 16.6. The highest BCUT2D eigenvalue weighted by Crippen LogP contribution is 1.42. The van der Waals surface area contributed by atoms with Crippen molar-refractivity contribution in [2.75, 3.05) is 0 Å². The first-order chi connectivity index (χ1) is 3.15. The van der Waals surface area contributed by atoms with E-state index < -0.39 is 17.5 Å². The molecule has 0 amide bonds. The summed E-state index contributed by atoms with van der Waals surface area (Å²) in [4.78, 5) is 9.00. The van der Waals surface area contributed by atoms with Crippen LogP contribution in [0.15, 0.2) is 0 Å². The third kappa shape index (κ3) is 114. The van der Waals surface area contributed by atoms with Crippen molar-refractivity contribution in [2.24, 2.45) is 0 Å². The van der Waals surface area contributed by atoms with Crippen molar-refractivity contribution in [3.05, 3.63) is 0 Å². The average Bonchev–Trinajstić information content (AvgIpc) is 1.33. The largest absolute Gasteiger partial charge is 0.481 e. The summed E-state index contributed by atoms with van der Waals surface area (Å²) in [6, 6.07) is 0. The van der Waals surface area contributed by atoms with Crippen LogP contribution in [0.2, 0.25) is 0 Å². The SMILES string of the molecule is CC(=O)O.O=S=O. The molecule has 0 fully saturated rings. The fraction of sp³-hybridized carbons (Fsp3) is 0.500. The van der Waals surface area contributed by atoms with Gasteiger partial charge in [0, 0.05) is 6.92 Å². The molecule has 7 heavy (non-hydrogen) atoms. The molecule has 4 nitrogen and oxygen atoms in total. The van der Waals surface area contributed by atoms with Gasteiger partial charge in [0.15, 0.2) is 0 Å². The number of aliphatic carboxylic acids is 1. The lowest BCUT2D eigenvalue weighted by atomic mass is 10.9. The van der Waals surface area contributed by atoms with E-state index in [9.17, 15) is 0 Å². The highest BCUT2D eigenvalue weighted by molar-refractivity contribution is 7.51. The van der Waals surface area contributed by atoms with Crippen molar-refractivity contribution < 1.29 is 18.3 Å². The molecule has 0 aliphatic carbocycles. The molecule has 0 atom stereocenters. The van der Waals surface area contributed by atoms with Crippen LogP contribution in [-0.2, 0) is 16.4 Å². The van der Waals surface area contributed by atoms with Crippen LogP contribution >= 0.6 is 0 Å². The summed E-state index contributed by atoms with van der Waals surface area (Å²) in [7, 11) is 0. The van der Waals surface area contributed by atoms with E-state index in [2.05, 4.69) is 0 Å². The number of hydrogen-bond acceptors (Lipinski definition) is 3. The molecule has 0 spiro atoms. The number of carboxylic acid groups (broad SMARTS) is 1. The van der Waals surface area contributed by atoms with Gasteiger partial charge >= 0.3 is 11.6 Å². The summed E-state index contributed by atoms with van der Waals surface area (Å²) >= 11 is -0.750. The van der Waals surface area contributed by atoms with Crippen LogP contribution in [-0.4, -0.2) is 19.5 Å². The summed E-state index contributed by atoms with van der Waals surface area (Å²) in [5.74, 6) is -0.833. The minimum atomic E-state index is -0.833. The van der Waals surface area contributed by atoms with Crippen LogP contribution in [0.5, 0.6) is 0 Å². The Bertz CT molecular complexity index is 77.7. The normalized spacial score (nSPS) is 5.29. The van der Waals surface area contributed by atoms with Crippen LogP contribution in [0.1, 0.15) is 6.92 Å². The molecule has 0 radical (unpaired) electrons. The third-order valence-electron chi connectivity index (χ3n) is 0. The molecule has 1 N–H and O–H groups in total. The number of rotatable bonds is 0. The Morgan fingerprint density at radius 3 is 1.57 bits per heavy atom. The van der Waals surface area contributed by atoms with Gasteiger partial charge in [-0.05, 0) is 0 Å². The smallest absolute Gasteiger partial charge is 0.335 e. The maximum absolute atomic E-state index is 9.00. The third-order valence-corrected chi connectivity index (χ3v) is 0. The van der Waals surface area contributed by atoms with Gasteiger partial charge < -0.3 is 5.11 Å². The fourth-order valence-corrected chi connectivity index (χ4v) is 0. The lowest BCUT2D eigenvalue weighted by molar-refractivity contribution is -0.134. The molecule has 0 saturated heterocycles. The summed E-state index contributed by atoms with van der Waals surface area (Å²) in [5, 5.41) is 7.42. The maximum Gasteiger partial charge on any atom is 0.335 e. The summed E-state index contributed by atoms with van der Waals surface area (Å²) in [5.41, 5.74) is 0. The topological polar surface area (TPSA) is 71.4 Å². The van der Waals surface area contributed by atoms with E-state index in [1.165, 1.54) is 0 Å². The van der Waals surface area contributed by atoms with Crippen molar-refractivity contribution in [3.8, 4) is 0 Å². The second kappa shape index (κ2) is 8.99. The number of hydrogen-bond donors (Lipinski definition) is 1. The molecule has 42 valence electrons. The molecule has 0 unspecified atom stereocenters. The Labute approximate surface area is 43.8 Å². The Kier molecular flexibility index (Phi) is 12.3. The van der Waals surface area contributed by atoms with E-state index in [0.29, 0.717) is 0 Å². The zero-order chi connectivity index (χ0) is 6.28. The van der Waals surface area contributed by atoms with Gasteiger partial charge in [-0.3, -0.25) is 4.79 Å². The average molecular weight is 124 g/mol. The predicted octanol–water partition coefficient (Wildman–Crippen LogP) is -0.579. The Morgan fingerprint density at radius 1 is 1.57 bits per heavy atom. The van der Waals surface area contributed by atoms with E-state index in [-0.39, 0.29) is 0 Å². The van der Waals surface area contributed by atoms with Gasteiger partial charge in [-0.2, -0.15) is 8.42 Å². The van der Waals surface area contributed by atoms with Crippen molar-refractivity contribution in [1.29, 1.82) is 0 Å². The first kappa shape index (κ1) is 9.56. The molecule has 0 aromatic carbocycles. The van der Waals surface area contributed by atoms with Crippen molar-refractivity contribution in [3.63, 3.8) is 0 Å². The van der Waals surface area contributed by atoms with Gasteiger partial charge in [0.05, 0.1) is 0 Å². The Morgan fingerprint density at radius 2 is 1.57 bits per heavy atom. The van der Waals surface area contributed by atoms with E-state index in [4.69, 9.17) is 18.3 Å². The predicted molar refractivity (Wildman–Crippen MR) is 22.2 cm³/mol. The fourth-order valence-electron chi connectivity index (χ4n) is 0. The summed E-state index contributed by atoms with van der Waals surface area (Å²) in [6.07, 6.45) is 0. The highest BCUT2D eigenvalue weighted by Gasteiger charge is 1.65. The van der Waals surface area contributed by atoms with Crippen LogP contribution in [0.3, 0.4) is 0 Å². The second-order valence-electron chi connectivity index (χ2n) is 0.587. The van der Waals surface area contributed by atoms with Crippen LogP contribution < -0.4 is 0 Å². The zero-order valence-electron chi connectivity index (χ0n) is 3.58. The number of carbonyl (C=O) groups is 1. The molecule has 0 aromatic heterocycles. The Hall–Kier alpha value is -0.710. The van der Waals surface area contributed by atoms with Crippen LogP contribution in [0.25, 0.3) is 0 Å². The minimum Gasteiger partial charge on any atom is -0.481 e. The van der Waals surface area contributed by atoms with E-state index in [0.717, 1.165) is 6.92 Å². The first-order valence-electron chi connectivity index (χ1n) is 1.26. The standard InChI is InChI=1S/C2H4O2.O2S/c1-2(3)4;1-3-2/h1H3,(H,3,4);. The molecule has 0 aliphatic heterocycles. The number of carboxylic acids is 1. The molecular formula is C2H4O4S. The van der Waals surface area contributed by atoms with Crippen LogP contribution in [0.4, 0.5) is 0 Å². The molecule has 0 rings (SSSR count). The summed E-state index contributed by atoms with van der Waals surface area (Å²) in [6.45, 7) is 1.08.